The molecule has 16 heavy (non-hydrogen) atoms. The number of allylic oxidation sites excluding steroid dienone is 6. The second-order valence-corrected chi connectivity index (χ2v) is 3.56. The first-order valence-corrected chi connectivity index (χ1v) is 5.88. The molecule has 0 radical (unpaired) electrons. The number of hydrogen-bond acceptors (Lipinski definition) is 0. The molecule has 0 N–H and O–H groups in total. The van der Waals surface area contributed by atoms with Crippen molar-refractivity contribution in [2.45, 2.75) is 33.1 Å². The molecule has 0 aliphatic heterocycles. The van der Waals surface area contributed by atoms with Crippen molar-refractivity contribution >= 4 is 0 Å². The van der Waals surface area contributed by atoms with Crippen molar-refractivity contribution in [3.05, 3.63) is 36.0 Å². The Morgan fingerprint density at radius 1 is 1.19 bits per heavy atom. The van der Waals surface area contributed by atoms with E-state index in [4.69, 9.17) is 0 Å². The van der Waals surface area contributed by atoms with Gasteiger partial charge in [0, 0.05) is 18.4 Å². The molecule has 0 nitrogen and oxygen atoms in total. The van der Waals surface area contributed by atoms with Gasteiger partial charge in [0.25, 0.3) is 0 Å². The standard InChI is InChI=1S/C16H18/c1-3-5-9-15-11-7-13-16(10-6-4-2)14-8-12-15/h7-8,11-13,15H,3-4,14H2,1-2H3/b11-7-,12-8-,16-13?. The Kier molecular flexibility index (Phi) is 5.90. The summed E-state index contributed by atoms with van der Waals surface area (Å²) in [5.41, 5.74) is 1.18. The third-order valence-electron chi connectivity index (χ3n) is 2.17. The summed E-state index contributed by atoms with van der Waals surface area (Å²) in [6.45, 7) is 4.14. The lowest BCUT2D eigenvalue weighted by Crippen LogP contribution is -1.89. The molecule has 1 atom stereocenters. The molecule has 0 fully saturated rings. The van der Waals surface area contributed by atoms with Gasteiger partial charge in [0.2, 0.25) is 0 Å². The molecule has 0 saturated heterocycles. The van der Waals surface area contributed by atoms with Gasteiger partial charge in [-0.2, -0.15) is 0 Å². The molecule has 1 aliphatic rings. The third kappa shape index (κ3) is 4.72. The fraction of sp³-hybridized carbons (Fsp3) is 0.375. The van der Waals surface area contributed by atoms with E-state index in [1.807, 2.05) is 0 Å². The minimum atomic E-state index is 0.261. The summed E-state index contributed by atoms with van der Waals surface area (Å²) in [4.78, 5) is 0. The van der Waals surface area contributed by atoms with Crippen molar-refractivity contribution in [2.75, 3.05) is 0 Å². The molecule has 1 rings (SSSR count). The molecule has 0 saturated carbocycles. The van der Waals surface area contributed by atoms with Crippen LogP contribution in [0.2, 0.25) is 0 Å². The summed E-state index contributed by atoms with van der Waals surface area (Å²) in [6, 6.07) is 0. The molecule has 0 aromatic carbocycles. The van der Waals surface area contributed by atoms with Crippen LogP contribution in [-0.2, 0) is 0 Å². The highest BCUT2D eigenvalue weighted by molar-refractivity contribution is 5.36. The van der Waals surface area contributed by atoms with Gasteiger partial charge in [0.15, 0.2) is 0 Å². The van der Waals surface area contributed by atoms with Crippen molar-refractivity contribution in [2.24, 2.45) is 5.92 Å². The first-order valence-electron chi connectivity index (χ1n) is 5.88. The van der Waals surface area contributed by atoms with E-state index >= 15 is 0 Å². The lowest BCUT2D eigenvalue weighted by atomic mass is 10.0. The van der Waals surface area contributed by atoms with Crippen molar-refractivity contribution in [3.63, 3.8) is 0 Å². The van der Waals surface area contributed by atoms with Gasteiger partial charge < -0.3 is 0 Å². The van der Waals surface area contributed by atoms with Gasteiger partial charge in [-0.1, -0.05) is 62.0 Å². The molecule has 0 aromatic rings. The number of rotatable bonds is 0. The van der Waals surface area contributed by atoms with Crippen LogP contribution >= 0.6 is 0 Å². The Morgan fingerprint density at radius 2 is 2.00 bits per heavy atom. The van der Waals surface area contributed by atoms with Crippen LogP contribution in [-0.4, -0.2) is 0 Å². The summed E-state index contributed by atoms with van der Waals surface area (Å²) >= 11 is 0. The summed E-state index contributed by atoms with van der Waals surface area (Å²) in [6.07, 6.45) is 13.3. The Balaban J connectivity index is 2.72. The van der Waals surface area contributed by atoms with Gasteiger partial charge in [-0.3, -0.25) is 0 Å². The van der Waals surface area contributed by atoms with E-state index < -0.39 is 0 Å². The zero-order valence-electron chi connectivity index (χ0n) is 10.1. The monoisotopic (exact) mass is 210 g/mol. The Morgan fingerprint density at radius 3 is 2.75 bits per heavy atom. The van der Waals surface area contributed by atoms with Crippen LogP contribution in [0.5, 0.6) is 0 Å². The Labute approximate surface area is 99.1 Å². The molecule has 0 aromatic heterocycles. The van der Waals surface area contributed by atoms with E-state index in [0.717, 1.165) is 19.3 Å². The van der Waals surface area contributed by atoms with Gasteiger partial charge in [0.1, 0.15) is 0 Å². The SMILES string of the molecule is CCC#CC1=C/C=C\C(C#CCC)/C=C\C1. The van der Waals surface area contributed by atoms with Crippen molar-refractivity contribution < 1.29 is 0 Å². The highest BCUT2D eigenvalue weighted by Gasteiger charge is 1.97. The van der Waals surface area contributed by atoms with Crippen molar-refractivity contribution in [1.29, 1.82) is 0 Å². The fourth-order valence-corrected chi connectivity index (χ4v) is 1.38. The third-order valence-corrected chi connectivity index (χ3v) is 2.17. The van der Waals surface area contributed by atoms with Gasteiger partial charge in [0.05, 0.1) is 5.92 Å². The maximum atomic E-state index is 3.21. The van der Waals surface area contributed by atoms with Gasteiger partial charge in [-0.15, -0.1) is 5.92 Å². The largest absolute Gasteiger partial charge is 0.103 e. The quantitative estimate of drug-likeness (QED) is 0.420. The molecule has 0 heterocycles. The summed E-state index contributed by atoms with van der Waals surface area (Å²) in [7, 11) is 0. The summed E-state index contributed by atoms with van der Waals surface area (Å²) < 4.78 is 0. The van der Waals surface area contributed by atoms with Gasteiger partial charge >= 0.3 is 0 Å². The summed E-state index contributed by atoms with van der Waals surface area (Å²) in [5, 5.41) is 0. The molecule has 1 unspecified atom stereocenters. The van der Waals surface area contributed by atoms with Crippen LogP contribution in [0, 0.1) is 29.6 Å². The van der Waals surface area contributed by atoms with Crippen molar-refractivity contribution in [1.82, 2.24) is 0 Å². The predicted octanol–water partition coefficient (Wildman–Crippen LogP) is 3.87. The summed E-state index contributed by atoms with van der Waals surface area (Å²) in [5.74, 6) is 12.8. The van der Waals surface area contributed by atoms with Crippen LogP contribution in [0.3, 0.4) is 0 Å². The Bertz CT molecular complexity index is 410. The first kappa shape index (κ1) is 12.4. The zero-order chi connectivity index (χ0) is 11.6. The van der Waals surface area contributed by atoms with E-state index in [0.29, 0.717) is 0 Å². The van der Waals surface area contributed by atoms with Gasteiger partial charge in [-0.25, -0.2) is 0 Å². The minimum Gasteiger partial charge on any atom is -0.103 e. The van der Waals surface area contributed by atoms with Crippen LogP contribution in [0.15, 0.2) is 36.0 Å². The highest BCUT2D eigenvalue weighted by Crippen LogP contribution is 2.10. The predicted molar refractivity (Wildman–Crippen MR) is 70.6 cm³/mol. The van der Waals surface area contributed by atoms with Crippen molar-refractivity contribution in [3.8, 4) is 23.7 Å². The second-order valence-electron chi connectivity index (χ2n) is 3.56. The average molecular weight is 210 g/mol. The fourth-order valence-electron chi connectivity index (χ4n) is 1.38. The smallest absolute Gasteiger partial charge is 0.0566 e. The molecular weight excluding hydrogens is 192 g/mol. The average Bonchev–Trinajstić information content (AvgIpc) is 2.26. The van der Waals surface area contributed by atoms with E-state index in [2.05, 4.69) is 67.9 Å². The van der Waals surface area contributed by atoms with E-state index in [9.17, 15) is 0 Å². The molecule has 0 amide bonds. The van der Waals surface area contributed by atoms with E-state index in [1.54, 1.807) is 0 Å². The van der Waals surface area contributed by atoms with Crippen LogP contribution in [0.1, 0.15) is 33.1 Å². The van der Waals surface area contributed by atoms with Crippen LogP contribution in [0.25, 0.3) is 0 Å². The molecule has 0 bridgehead atoms. The lowest BCUT2D eigenvalue weighted by molar-refractivity contribution is 1.08. The van der Waals surface area contributed by atoms with E-state index in [-0.39, 0.29) is 5.92 Å². The molecule has 1 aliphatic carbocycles. The lowest BCUT2D eigenvalue weighted by Gasteiger charge is -2.01. The molecule has 0 spiro atoms. The zero-order valence-corrected chi connectivity index (χ0v) is 10.1. The van der Waals surface area contributed by atoms with Crippen LogP contribution < -0.4 is 0 Å². The maximum absolute atomic E-state index is 3.21. The second kappa shape index (κ2) is 7.61. The Hall–Kier alpha value is -1.66. The maximum Gasteiger partial charge on any atom is 0.0566 e. The first-order chi connectivity index (χ1) is 7.86. The minimum absolute atomic E-state index is 0.261. The van der Waals surface area contributed by atoms with Gasteiger partial charge in [-0.05, 0) is 6.42 Å². The molecular formula is C16H18. The highest BCUT2D eigenvalue weighted by atomic mass is 14.0. The van der Waals surface area contributed by atoms with E-state index in [1.165, 1.54) is 5.57 Å². The van der Waals surface area contributed by atoms with Crippen LogP contribution in [0.4, 0.5) is 0 Å². The normalized spacial score (nSPS) is 22.4. The number of hydrogen-bond donors (Lipinski definition) is 0. The molecule has 0 heteroatoms. The molecule has 82 valence electrons. The topological polar surface area (TPSA) is 0 Å².